The molecule has 2 heterocycles. The molecule has 4 nitrogen and oxygen atoms in total. The minimum atomic E-state index is -0.347. The summed E-state index contributed by atoms with van der Waals surface area (Å²) in [6.45, 7) is 0. The maximum atomic E-state index is 13.0. The molecule has 0 radical (unpaired) electrons. The van der Waals surface area contributed by atoms with E-state index in [0.717, 1.165) is 0 Å². The first-order valence-electron chi connectivity index (χ1n) is 5.48. The molecular weight excluding hydrogens is 265 g/mol. The summed E-state index contributed by atoms with van der Waals surface area (Å²) in [5.41, 5.74) is 0.931. The molecule has 6 heteroatoms. The van der Waals surface area contributed by atoms with E-state index in [1.54, 1.807) is 23.7 Å². The highest BCUT2D eigenvalue weighted by molar-refractivity contribution is 7.13. The summed E-state index contributed by atoms with van der Waals surface area (Å²) < 4.78 is 13.0. The first-order valence-corrected chi connectivity index (χ1v) is 6.36. The molecule has 3 rings (SSSR count). The number of carbonyl (C=O) groups excluding carboxylic acids is 1. The predicted octanol–water partition coefficient (Wildman–Crippen LogP) is 3.08. The van der Waals surface area contributed by atoms with Crippen molar-refractivity contribution in [2.75, 3.05) is 5.32 Å². The second-order valence-electron chi connectivity index (χ2n) is 3.85. The summed E-state index contributed by atoms with van der Waals surface area (Å²) in [5.74, 6) is -0.631. The Morgan fingerprint density at radius 3 is 2.95 bits per heavy atom. The first kappa shape index (κ1) is 11.7. The van der Waals surface area contributed by atoms with E-state index in [2.05, 4.69) is 15.3 Å². The van der Waals surface area contributed by atoms with Crippen LogP contribution in [0.3, 0.4) is 0 Å². The van der Waals surface area contributed by atoms with Crippen LogP contribution in [0.15, 0.2) is 42.0 Å². The smallest absolute Gasteiger partial charge is 0.259 e. The number of hydrogen-bond donors (Lipinski definition) is 1. The van der Waals surface area contributed by atoms with Gasteiger partial charge in [0.2, 0.25) is 0 Å². The topological polar surface area (TPSA) is 54.9 Å². The number of aromatic nitrogens is 2. The van der Waals surface area contributed by atoms with Crippen LogP contribution < -0.4 is 5.32 Å². The Hall–Kier alpha value is -2.34. The molecule has 2 aromatic heterocycles. The van der Waals surface area contributed by atoms with Gasteiger partial charge in [-0.1, -0.05) is 0 Å². The van der Waals surface area contributed by atoms with Crippen LogP contribution in [0.4, 0.5) is 9.52 Å². The Morgan fingerprint density at radius 1 is 1.26 bits per heavy atom. The van der Waals surface area contributed by atoms with E-state index in [1.165, 1.54) is 29.7 Å². The molecule has 1 aromatic carbocycles. The van der Waals surface area contributed by atoms with Crippen LogP contribution >= 0.6 is 11.3 Å². The summed E-state index contributed by atoms with van der Waals surface area (Å²) in [6, 6.07) is 5.94. The third-order valence-electron chi connectivity index (χ3n) is 2.56. The second kappa shape index (κ2) is 4.74. The SMILES string of the molecule is O=C(Nc1nccs1)c1cnc2cc(F)ccc2c1. The van der Waals surface area contributed by atoms with Crippen molar-refractivity contribution in [3.05, 3.63) is 53.4 Å². The van der Waals surface area contributed by atoms with Gasteiger partial charge in [-0.25, -0.2) is 9.37 Å². The van der Waals surface area contributed by atoms with Gasteiger partial charge in [-0.15, -0.1) is 11.3 Å². The van der Waals surface area contributed by atoms with Crippen LogP contribution in [0, 0.1) is 5.82 Å². The normalized spacial score (nSPS) is 10.6. The molecule has 19 heavy (non-hydrogen) atoms. The van der Waals surface area contributed by atoms with Gasteiger partial charge in [0, 0.05) is 29.2 Å². The third-order valence-corrected chi connectivity index (χ3v) is 3.25. The van der Waals surface area contributed by atoms with Crippen LogP contribution in [-0.2, 0) is 0 Å². The van der Waals surface area contributed by atoms with Gasteiger partial charge < -0.3 is 0 Å². The maximum Gasteiger partial charge on any atom is 0.259 e. The van der Waals surface area contributed by atoms with E-state index >= 15 is 0 Å². The summed E-state index contributed by atoms with van der Waals surface area (Å²) >= 11 is 1.34. The number of nitrogens with zero attached hydrogens (tertiary/aromatic N) is 2. The quantitative estimate of drug-likeness (QED) is 0.780. The highest BCUT2D eigenvalue weighted by Gasteiger charge is 2.09. The molecule has 0 bridgehead atoms. The predicted molar refractivity (Wildman–Crippen MR) is 71.8 cm³/mol. The average Bonchev–Trinajstić information content (AvgIpc) is 2.91. The van der Waals surface area contributed by atoms with Gasteiger partial charge in [-0.05, 0) is 18.2 Å². The van der Waals surface area contributed by atoms with Crippen molar-refractivity contribution in [2.45, 2.75) is 0 Å². The van der Waals surface area contributed by atoms with Crippen molar-refractivity contribution in [3.63, 3.8) is 0 Å². The summed E-state index contributed by atoms with van der Waals surface area (Å²) in [5, 5.41) is 5.69. The van der Waals surface area contributed by atoms with E-state index in [9.17, 15) is 9.18 Å². The van der Waals surface area contributed by atoms with Crippen molar-refractivity contribution < 1.29 is 9.18 Å². The molecule has 0 aliphatic heterocycles. The molecule has 3 aromatic rings. The zero-order valence-corrected chi connectivity index (χ0v) is 10.4. The lowest BCUT2D eigenvalue weighted by molar-refractivity contribution is 0.102. The van der Waals surface area contributed by atoms with Gasteiger partial charge in [0.25, 0.3) is 5.91 Å². The Balaban J connectivity index is 1.92. The van der Waals surface area contributed by atoms with Crippen LogP contribution in [0.25, 0.3) is 10.9 Å². The van der Waals surface area contributed by atoms with E-state index in [4.69, 9.17) is 0 Å². The van der Waals surface area contributed by atoms with Gasteiger partial charge >= 0.3 is 0 Å². The molecule has 0 aliphatic rings. The molecule has 0 aliphatic carbocycles. The van der Waals surface area contributed by atoms with Crippen LogP contribution in [0.1, 0.15) is 10.4 Å². The number of pyridine rings is 1. The molecule has 1 amide bonds. The zero-order valence-electron chi connectivity index (χ0n) is 9.63. The number of nitrogens with one attached hydrogen (secondary N) is 1. The summed E-state index contributed by atoms with van der Waals surface area (Å²) in [4.78, 5) is 20.0. The molecule has 0 unspecified atom stereocenters. The third kappa shape index (κ3) is 2.43. The number of benzene rings is 1. The summed E-state index contributed by atoms with van der Waals surface area (Å²) in [6.07, 6.45) is 3.03. The standard InChI is InChI=1S/C13H8FN3OS/c14-10-2-1-8-5-9(7-16-11(8)6-10)12(18)17-13-15-3-4-19-13/h1-7H,(H,15,17,18). The number of rotatable bonds is 2. The van der Waals surface area contributed by atoms with E-state index < -0.39 is 0 Å². The van der Waals surface area contributed by atoms with Crippen LogP contribution in [0.5, 0.6) is 0 Å². The number of halogens is 1. The highest BCUT2D eigenvalue weighted by atomic mass is 32.1. The fraction of sp³-hybridized carbons (Fsp3) is 0. The van der Waals surface area contributed by atoms with Gasteiger partial charge in [-0.3, -0.25) is 15.1 Å². The number of thiazole rings is 1. The minimum absolute atomic E-state index is 0.284. The second-order valence-corrected chi connectivity index (χ2v) is 4.75. The monoisotopic (exact) mass is 273 g/mol. The Morgan fingerprint density at radius 2 is 2.16 bits per heavy atom. The van der Waals surface area contributed by atoms with Crippen molar-refractivity contribution in [1.82, 2.24) is 9.97 Å². The molecule has 0 saturated heterocycles. The molecule has 0 spiro atoms. The zero-order chi connectivity index (χ0) is 13.2. The lowest BCUT2D eigenvalue weighted by Gasteiger charge is -2.03. The number of anilines is 1. The lowest BCUT2D eigenvalue weighted by Crippen LogP contribution is -2.11. The number of hydrogen-bond acceptors (Lipinski definition) is 4. The van der Waals surface area contributed by atoms with Crippen LogP contribution in [0.2, 0.25) is 0 Å². The van der Waals surface area contributed by atoms with E-state index in [1.807, 2.05) is 0 Å². The Labute approximate surface area is 111 Å². The van der Waals surface area contributed by atoms with Crippen molar-refractivity contribution in [2.24, 2.45) is 0 Å². The number of fused-ring (bicyclic) bond motifs is 1. The molecule has 0 saturated carbocycles. The van der Waals surface area contributed by atoms with Gasteiger partial charge in [0.1, 0.15) is 5.82 Å². The molecule has 0 fully saturated rings. The number of amides is 1. The van der Waals surface area contributed by atoms with E-state index in [0.29, 0.717) is 21.6 Å². The Kier molecular flexibility index (Phi) is 2.92. The molecular formula is C13H8FN3OS. The minimum Gasteiger partial charge on any atom is -0.298 e. The van der Waals surface area contributed by atoms with Crippen molar-refractivity contribution >= 4 is 33.3 Å². The molecule has 0 atom stereocenters. The summed E-state index contributed by atoms with van der Waals surface area (Å²) in [7, 11) is 0. The Bertz CT molecular complexity index is 743. The van der Waals surface area contributed by atoms with Crippen LogP contribution in [-0.4, -0.2) is 15.9 Å². The van der Waals surface area contributed by atoms with Crippen molar-refractivity contribution in [3.8, 4) is 0 Å². The van der Waals surface area contributed by atoms with Gasteiger partial charge in [0.15, 0.2) is 5.13 Å². The number of carbonyl (C=O) groups is 1. The van der Waals surface area contributed by atoms with Crippen molar-refractivity contribution in [1.29, 1.82) is 0 Å². The van der Waals surface area contributed by atoms with Gasteiger partial charge in [0.05, 0.1) is 11.1 Å². The molecule has 1 N–H and O–H groups in total. The molecule has 94 valence electrons. The average molecular weight is 273 g/mol. The fourth-order valence-electron chi connectivity index (χ4n) is 1.67. The fourth-order valence-corrected chi connectivity index (χ4v) is 2.20. The van der Waals surface area contributed by atoms with E-state index in [-0.39, 0.29) is 11.7 Å². The van der Waals surface area contributed by atoms with Gasteiger partial charge in [-0.2, -0.15) is 0 Å². The maximum absolute atomic E-state index is 13.0. The first-order chi connectivity index (χ1) is 9.22. The largest absolute Gasteiger partial charge is 0.298 e. The highest BCUT2D eigenvalue weighted by Crippen LogP contribution is 2.16. The lowest BCUT2D eigenvalue weighted by atomic mass is 10.1.